The number of aliphatic hydroxyl groups excluding tert-OH is 1. The van der Waals surface area contributed by atoms with E-state index in [2.05, 4.69) is 17.2 Å². The van der Waals surface area contributed by atoms with Crippen LogP contribution in [0.15, 0.2) is 11.4 Å². The van der Waals surface area contributed by atoms with Gasteiger partial charge in [-0.25, -0.2) is 0 Å². The maximum atomic E-state index is 12.1. The molecule has 0 aliphatic heterocycles. The molecule has 0 unspecified atom stereocenters. The molecule has 1 aromatic heterocycles. The summed E-state index contributed by atoms with van der Waals surface area (Å²) < 4.78 is 0. The Morgan fingerprint density at radius 1 is 1.53 bits per heavy atom. The molecule has 0 atom stereocenters. The van der Waals surface area contributed by atoms with Gasteiger partial charge in [-0.05, 0) is 11.4 Å². The molecule has 6 heteroatoms. The Labute approximate surface area is 116 Å². The van der Waals surface area contributed by atoms with Crippen molar-refractivity contribution in [3.05, 3.63) is 21.9 Å². The van der Waals surface area contributed by atoms with E-state index in [9.17, 15) is 9.59 Å². The molecule has 0 radical (unpaired) electrons. The minimum absolute atomic E-state index is 0.00299. The van der Waals surface area contributed by atoms with Crippen LogP contribution < -0.4 is 5.32 Å². The number of nitrogens with one attached hydrogen (secondary N) is 1. The zero-order valence-electron chi connectivity index (χ0n) is 10.9. The first-order valence-electron chi connectivity index (χ1n) is 5.73. The van der Waals surface area contributed by atoms with E-state index in [1.165, 1.54) is 23.3 Å². The fourth-order valence-corrected chi connectivity index (χ4v) is 2.17. The van der Waals surface area contributed by atoms with Crippen molar-refractivity contribution in [1.29, 1.82) is 0 Å². The molecule has 0 bridgehead atoms. The number of amides is 2. The van der Waals surface area contributed by atoms with E-state index in [1.807, 2.05) is 0 Å². The molecule has 5 nitrogen and oxygen atoms in total. The molecule has 102 valence electrons. The molecule has 0 aliphatic carbocycles. The third-order valence-electron chi connectivity index (χ3n) is 2.33. The van der Waals surface area contributed by atoms with E-state index in [1.54, 1.807) is 18.5 Å². The van der Waals surface area contributed by atoms with Crippen LogP contribution in [0, 0.1) is 11.8 Å². The predicted molar refractivity (Wildman–Crippen MR) is 73.9 cm³/mol. The van der Waals surface area contributed by atoms with Gasteiger partial charge >= 0.3 is 0 Å². The zero-order chi connectivity index (χ0) is 14.3. The Morgan fingerprint density at radius 2 is 2.26 bits per heavy atom. The van der Waals surface area contributed by atoms with Crippen LogP contribution in [-0.4, -0.2) is 49.1 Å². The van der Waals surface area contributed by atoms with E-state index in [4.69, 9.17) is 5.11 Å². The molecule has 0 fully saturated rings. The normalized spacial score (nSPS) is 9.42. The fourth-order valence-electron chi connectivity index (χ4n) is 1.33. The van der Waals surface area contributed by atoms with Gasteiger partial charge in [0.15, 0.2) is 0 Å². The third-order valence-corrected chi connectivity index (χ3v) is 3.23. The number of rotatable bonds is 4. The Hall–Kier alpha value is -1.84. The number of nitrogens with zero attached hydrogens (tertiary/aromatic N) is 1. The maximum Gasteiger partial charge on any atom is 0.265 e. The third kappa shape index (κ3) is 4.39. The van der Waals surface area contributed by atoms with Crippen molar-refractivity contribution < 1.29 is 14.7 Å². The van der Waals surface area contributed by atoms with Gasteiger partial charge in [0.25, 0.3) is 5.91 Å². The Morgan fingerprint density at radius 3 is 2.89 bits per heavy atom. The number of hydrogen-bond acceptors (Lipinski definition) is 4. The average Bonchev–Trinajstić information content (AvgIpc) is 2.86. The largest absolute Gasteiger partial charge is 0.395 e. The van der Waals surface area contributed by atoms with Crippen LogP contribution in [0.5, 0.6) is 0 Å². The van der Waals surface area contributed by atoms with E-state index in [0.717, 1.165) is 0 Å². The topological polar surface area (TPSA) is 69.6 Å². The summed E-state index contributed by atoms with van der Waals surface area (Å²) in [4.78, 5) is 25.2. The highest BCUT2D eigenvalue weighted by molar-refractivity contribution is 7.12. The molecule has 1 rings (SSSR count). The van der Waals surface area contributed by atoms with Gasteiger partial charge in [0.1, 0.15) is 4.88 Å². The Kier molecular flexibility index (Phi) is 6.06. The molecule has 0 saturated carbocycles. The summed E-state index contributed by atoms with van der Waals surface area (Å²) in [5, 5.41) is 12.9. The molecular formula is C13H16N2O3S. The van der Waals surface area contributed by atoms with Crippen LogP contribution >= 0.6 is 11.3 Å². The van der Waals surface area contributed by atoms with Crippen LogP contribution in [0.2, 0.25) is 0 Å². The van der Waals surface area contributed by atoms with Crippen LogP contribution in [0.25, 0.3) is 0 Å². The van der Waals surface area contributed by atoms with Crippen LogP contribution in [0.1, 0.15) is 21.7 Å². The van der Waals surface area contributed by atoms with E-state index < -0.39 is 0 Å². The van der Waals surface area contributed by atoms with Crippen LogP contribution in [0.4, 0.5) is 0 Å². The van der Waals surface area contributed by atoms with Crippen molar-refractivity contribution in [1.82, 2.24) is 10.2 Å². The minimum Gasteiger partial charge on any atom is -0.395 e. The highest BCUT2D eigenvalue weighted by atomic mass is 32.1. The van der Waals surface area contributed by atoms with Gasteiger partial charge in [0, 0.05) is 26.1 Å². The van der Waals surface area contributed by atoms with Crippen molar-refractivity contribution in [2.75, 3.05) is 27.2 Å². The van der Waals surface area contributed by atoms with Crippen LogP contribution in [-0.2, 0) is 4.79 Å². The van der Waals surface area contributed by atoms with Gasteiger partial charge in [-0.15, -0.1) is 11.3 Å². The molecule has 1 aromatic rings. The lowest BCUT2D eigenvalue weighted by molar-refractivity contribution is -0.121. The monoisotopic (exact) mass is 280 g/mol. The minimum atomic E-state index is -0.230. The maximum absolute atomic E-state index is 12.1. The van der Waals surface area contributed by atoms with E-state index in [-0.39, 0.29) is 25.0 Å². The highest BCUT2D eigenvalue weighted by Crippen LogP contribution is 2.17. The van der Waals surface area contributed by atoms with Crippen molar-refractivity contribution in [3.63, 3.8) is 0 Å². The molecule has 1 heterocycles. The van der Waals surface area contributed by atoms with Gasteiger partial charge in [0.2, 0.25) is 5.91 Å². The second-order valence-corrected chi connectivity index (χ2v) is 4.69. The number of thiophene rings is 1. The number of carbonyl (C=O) groups is 2. The first kappa shape index (κ1) is 15.2. The quantitative estimate of drug-likeness (QED) is 0.779. The highest BCUT2D eigenvalue weighted by Gasteiger charge is 2.18. The number of carbonyl (C=O) groups excluding carboxylic acids is 2. The van der Waals surface area contributed by atoms with Gasteiger partial charge < -0.3 is 15.3 Å². The smallest absolute Gasteiger partial charge is 0.265 e. The summed E-state index contributed by atoms with van der Waals surface area (Å²) in [6.45, 7) is 0.00767. The zero-order valence-corrected chi connectivity index (χ0v) is 11.7. The lowest BCUT2D eigenvalue weighted by Crippen LogP contribution is -2.36. The fraction of sp³-hybridized carbons (Fsp3) is 0.385. The Balaban J connectivity index is 2.80. The molecule has 2 amide bonds. The molecule has 0 spiro atoms. The van der Waals surface area contributed by atoms with Gasteiger partial charge in [0.05, 0.1) is 13.2 Å². The second kappa shape index (κ2) is 7.56. The van der Waals surface area contributed by atoms with Crippen molar-refractivity contribution >= 4 is 23.2 Å². The van der Waals surface area contributed by atoms with Crippen LogP contribution in [0.3, 0.4) is 0 Å². The van der Waals surface area contributed by atoms with Crippen molar-refractivity contribution in [2.45, 2.75) is 6.42 Å². The molecular weight excluding hydrogens is 264 g/mol. The standard InChI is InChI=1S/C13H16N2O3S/c1-14-11(17)9-15(2)13(18)12-10(6-8-19-12)5-3-4-7-16/h6,8,16H,4,7,9H2,1-2H3,(H,14,17). The second-order valence-electron chi connectivity index (χ2n) is 3.77. The summed E-state index contributed by atoms with van der Waals surface area (Å²) in [6, 6.07) is 1.76. The average molecular weight is 280 g/mol. The van der Waals surface area contributed by atoms with Gasteiger partial charge in [-0.2, -0.15) is 0 Å². The first-order valence-corrected chi connectivity index (χ1v) is 6.61. The summed E-state index contributed by atoms with van der Waals surface area (Å²) in [5.74, 6) is 5.18. The van der Waals surface area contributed by atoms with Crippen molar-refractivity contribution in [3.8, 4) is 11.8 Å². The summed E-state index contributed by atoms with van der Waals surface area (Å²) in [5.41, 5.74) is 0.632. The molecule has 0 aromatic carbocycles. The van der Waals surface area contributed by atoms with E-state index in [0.29, 0.717) is 16.9 Å². The lowest BCUT2D eigenvalue weighted by atomic mass is 10.2. The number of aliphatic hydroxyl groups is 1. The Bertz CT molecular complexity index is 513. The summed E-state index contributed by atoms with van der Waals surface area (Å²) in [6.07, 6.45) is 0.373. The van der Waals surface area contributed by atoms with Gasteiger partial charge in [-0.3, -0.25) is 9.59 Å². The molecule has 2 N–H and O–H groups in total. The number of likely N-dealkylation sites (N-methyl/N-ethyl adjacent to an activating group) is 2. The lowest BCUT2D eigenvalue weighted by Gasteiger charge is -2.15. The van der Waals surface area contributed by atoms with E-state index >= 15 is 0 Å². The summed E-state index contributed by atoms with van der Waals surface area (Å²) >= 11 is 1.29. The molecule has 19 heavy (non-hydrogen) atoms. The van der Waals surface area contributed by atoms with Crippen molar-refractivity contribution in [2.24, 2.45) is 0 Å². The first-order chi connectivity index (χ1) is 9.10. The predicted octanol–water partition coefficient (Wildman–Crippen LogP) is 0.300. The summed E-state index contributed by atoms with van der Waals surface area (Å²) in [7, 11) is 3.10. The molecule has 0 aliphatic rings. The molecule has 0 saturated heterocycles. The number of hydrogen-bond donors (Lipinski definition) is 2. The van der Waals surface area contributed by atoms with Gasteiger partial charge in [-0.1, -0.05) is 11.8 Å². The SMILES string of the molecule is CNC(=O)CN(C)C(=O)c1sccc1C#CCCO.